The van der Waals surface area contributed by atoms with Crippen molar-refractivity contribution in [3.8, 4) is 0 Å². The Labute approximate surface area is 133 Å². The van der Waals surface area contributed by atoms with Gasteiger partial charge in [0.1, 0.15) is 0 Å². The van der Waals surface area contributed by atoms with Crippen molar-refractivity contribution < 1.29 is 53.0 Å². The molecule has 3 atom stereocenters. The van der Waals surface area contributed by atoms with E-state index in [1.807, 2.05) is 0 Å². The molecule has 0 aromatic carbocycles. The number of fused-ring (bicyclic) bond motifs is 1. The molecule has 1 saturated carbocycles. The van der Waals surface area contributed by atoms with Crippen molar-refractivity contribution in [3.05, 3.63) is 0 Å². The molecule has 1 nitrogen and oxygen atoms in total. The van der Waals surface area contributed by atoms with Gasteiger partial charge in [-0.2, -0.15) is 39.5 Å². The first-order valence-corrected chi connectivity index (χ1v) is 6.19. The van der Waals surface area contributed by atoms with Gasteiger partial charge in [0, 0.05) is 0 Å². The van der Waals surface area contributed by atoms with Crippen LogP contribution < -0.4 is 0 Å². The van der Waals surface area contributed by atoms with Crippen molar-refractivity contribution >= 4 is 34.8 Å². The molecule has 0 aromatic rings. The zero-order valence-corrected chi connectivity index (χ0v) is 12.0. The molecule has 0 amide bonds. The molecule has 1 aliphatic heterocycles. The van der Waals surface area contributed by atoms with Gasteiger partial charge in [-0.1, -0.05) is 34.8 Å². The fourth-order valence-electron chi connectivity index (χ4n) is 2.41. The van der Waals surface area contributed by atoms with Crippen molar-refractivity contribution in [2.45, 2.75) is 44.9 Å². The first-order chi connectivity index (χ1) is 9.71. The highest BCUT2D eigenvalue weighted by molar-refractivity contribution is 6.49. The molecule has 1 heterocycles. The number of hydrogen-bond donors (Lipinski definition) is 0. The Bertz CT molecular complexity index is 562. The minimum absolute atomic E-state index is 3.21. The Morgan fingerprint density at radius 1 is 0.652 bits per heavy atom. The summed E-state index contributed by atoms with van der Waals surface area (Å²) in [5.41, 5.74) is -13.0. The second-order valence-corrected chi connectivity index (χ2v) is 6.54. The average molecular weight is 427 g/mol. The van der Waals surface area contributed by atoms with Crippen LogP contribution in [0.25, 0.3) is 0 Å². The maximum atomic E-state index is 14.5. The van der Waals surface area contributed by atoms with E-state index in [1.165, 1.54) is 0 Å². The topological polar surface area (TPSA) is 9.23 Å². The quantitative estimate of drug-likeness (QED) is 0.391. The van der Waals surface area contributed by atoms with Crippen LogP contribution in [0, 0.1) is 0 Å². The van der Waals surface area contributed by atoms with E-state index in [-0.39, 0.29) is 0 Å². The zero-order valence-electron chi connectivity index (χ0n) is 9.70. The van der Waals surface area contributed by atoms with E-state index < -0.39 is 44.9 Å². The Morgan fingerprint density at radius 2 is 1.04 bits per heavy atom. The van der Waals surface area contributed by atoms with Crippen LogP contribution >= 0.6 is 34.8 Å². The van der Waals surface area contributed by atoms with Gasteiger partial charge in [-0.3, -0.25) is 0 Å². The van der Waals surface area contributed by atoms with E-state index in [9.17, 15) is 48.3 Å². The highest BCUT2D eigenvalue weighted by Crippen LogP contribution is 2.81. The van der Waals surface area contributed by atoms with Crippen LogP contribution in [-0.4, -0.2) is 44.9 Å². The van der Waals surface area contributed by atoms with Crippen molar-refractivity contribution in [2.75, 3.05) is 0 Å². The van der Waals surface area contributed by atoms with Crippen LogP contribution in [0.2, 0.25) is 0 Å². The van der Waals surface area contributed by atoms with E-state index in [1.54, 1.807) is 0 Å². The maximum Gasteiger partial charge on any atom is 0.431 e. The summed E-state index contributed by atoms with van der Waals surface area (Å²) >= 11 is 13.7. The van der Waals surface area contributed by atoms with Gasteiger partial charge in [-0.15, -0.1) is 0 Å². The van der Waals surface area contributed by atoms with Gasteiger partial charge in [0.2, 0.25) is 0 Å². The number of halogens is 14. The van der Waals surface area contributed by atoms with E-state index in [0.717, 1.165) is 0 Å². The number of alkyl halides is 14. The molecule has 2 aliphatic rings. The summed E-state index contributed by atoms with van der Waals surface area (Å²) in [6, 6.07) is 0. The summed E-state index contributed by atoms with van der Waals surface area (Å²) in [6.45, 7) is 0. The molecule has 0 radical (unpaired) electrons. The Hall–Kier alpha value is 0.0600. The molecule has 3 unspecified atom stereocenters. The highest BCUT2D eigenvalue weighted by Gasteiger charge is 3.10. The zero-order chi connectivity index (χ0) is 18.7. The standard InChI is InChI=1S/C8Cl3F11O/c9-3-1(12,4(14,15)6(18,19)5(3,16)17)2(13,8(20,21)22)7(10,11)23-3. The fraction of sp³-hybridized carbons (Fsp3) is 1.00. The predicted molar refractivity (Wildman–Crippen MR) is 52.7 cm³/mol. The van der Waals surface area contributed by atoms with Gasteiger partial charge in [-0.05, 0) is 0 Å². The third-order valence-electron chi connectivity index (χ3n) is 3.60. The van der Waals surface area contributed by atoms with Gasteiger partial charge >= 0.3 is 29.6 Å². The molecule has 0 spiro atoms. The maximum absolute atomic E-state index is 14.5. The Balaban J connectivity index is 2.99. The Kier molecular flexibility index (Phi) is 3.43. The van der Waals surface area contributed by atoms with Gasteiger partial charge in [0.25, 0.3) is 15.2 Å². The van der Waals surface area contributed by atoms with Gasteiger partial charge in [-0.25, -0.2) is 8.78 Å². The lowest BCUT2D eigenvalue weighted by molar-refractivity contribution is -0.341. The summed E-state index contributed by atoms with van der Waals surface area (Å²) in [5.74, 6) is -20.4. The first kappa shape index (κ1) is 19.4. The summed E-state index contributed by atoms with van der Waals surface area (Å²) in [4.78, 5) is 0. The molecule has 0 aromatic heterocycles. The normalized spacial score (nSPS) is 46.7. The summed E-state index contributed by atoms with van der Waals surface area (Å²) in [7, 11) is 0. The molecule has 23 heavy (non-hydrogen) atoms. The van der Waals surface area contributed by atoms with Crippen molar-refractivity contribution in [1.82, 2.24) is 0 Å². The number of rotatable bonds is 0. The monoisotopic (exact) mass is 426 g/mol. The lowest BCUT2D eigenvalue weighted by Gasteiger charge is -2.39. The summed E-state index contributed by atoms with van der Waals surface area (Å²) in [5, 5.41) is -5.55. The first-order valence-electron chi connectivity index (χ1n) is 5.05. The van der Waals surface area contributed by atoms with Crippen molar-refractivity contribution in [3.63, 3.8) is 0 Å². The molecule has 1 aliphatic carbocycles. The van der Waals surface area contributed by atoms with Gasteiger partial charge in [0.15, 0.2) is 0 Å². The SMILES string of the molecule is FC(F)(F)C1(F)C(Cl)(Cl)OC2(Cl)C(F)(F)C(F)(F)C(F)(F)C21F. The lowest BCUT2D eigenvalue weighted by Crippen LogP contribution is -2.71. The van der Waals surface area contributed by atoms with E-state index in [2.05, 4.69) is 39.5 Å². The predicted octanol–water partition coefficient (Wildman–Crippen LogP) is 4.98. The van der Waals surface area contributed by atoms with E-state index in [4.69, 9.17) is 0 Å². The summed E-state index contributed by atoms with van der Waals surface area (Å²) in [6.07, 6.45) is -6.89. The molecule has 2 fully saturated rings. The molecule has 2 rings (SSSR count). The van der Waals surface area contributed by atoms with Gasteiger partial charge in [0.05, 0.1) is 0 Å². The smallest absolute Gasteiger partial charge is 0.311 e. The third kappa shape index (κ3) is 1.46. The van der Waals surface area contributed by atoms with Crippen molar-refractivity contribution in [2.24, 2.45) is 0 Å². The summed E-state index contributed by atoms with van der Waals surface area (Å²) < 4.78 is 146. The highest BCUT2D eigenvalue weighted by atomic mass is 35.5. The molecular weight excluding hydrogens is 427 g/mol. The fourth-order valence-corrected chi connectivity index (χ4v) is 3.68. The second kappa shape index (κ2) is 4.07. The molecule has 136 valence electrons. The van der Waals surface area contributed by atoms with Crippen molar-refractivity contribution in [1.29, 1.82) is 0 Å². The largest absolute Gasteiger partial charge is 0.431 e. The number of ether oxygens (including phenoxy) is 1. The molecule has 15 heteroatoms. The van der Waals surface area contributed by atoms with Gasteiger partial charge < -0.3 is 4.74 Å². The van der Waals surface area contributed by atoms with E-state index in [0.29, 0.717) is 0 Å². The lowest BCUT2D eigenvalue weighted by atomic mass is 9.82. The van der Waals surface area contributed by atoms with Crippen LogP contribution in [0.4, 0.5) is 48.3 Å². The minimum atomic E-state index is -7.00. The third-order valence-corrected chi connectivity index (χ3v) is 4.85. The molecule has 0 bridgehead atoms. The minimum Gasteiger partial charge on any atom is -0.311 e. The molecule has 1 saturated heterocycles. The van der Waals surface area contributed by atoms with E-state index >= 15 is 0 Å². The number of hydrogen-bond acceptors (Lipinski definition) is 1. The van der Waals surface area contributed by atoms with Crippen LogP contribution in [0.3, 0.4) is 0 Å². The van der Waals surface area contributed by atoms with Crippen LogP contribution in [0.15, 0.2) is 0 Å². The second-order valence-electron chi connectivity index (χ2n) is 4.75. The van der Waals surface area contributed by atoms with Crippen LogP contribution in [0.5, 0.6) is 0 Å². The van der Waals surface area contributed by atoms with Crippen LogP contribution in [-0.2, 0) is 4.74 Å². The Morgan fingerprint density at radius 3 is 1.39 bits per heavy atom. The molecular formula is C8Cl3F11O. The van der Waals surface area contributed by atoms with Crippen LogP contribution in [0.1, 0.15) is 0 Å². The average Bonchev–Trinajstić information content (AvgIpc) is 2.48. The molecule has 0 N–H and O–H groups in total.